The van der Waals surface area contributed by atoms with Gasteiger partial charge in [-0.25, -0.2) is 4.79 Å². The van der Waals surface area contributed by atoms with E-state index in [9.17, 15) is 9.59 Å². The third-order valence-corrected chi connectivity index (χ3v) is 5.94. The van der Waals surface area contributed by atoms with E-state index in [0.717, 1.165) is 29.5 Å². The molecular weight excluding hydrogens is 454 g/mol. The van der Waals surface area contributed by atoms with Crippen molar-refractivity contribution < 1.29 is 19.1 Å². The monoisotopic (exact) mass is 491 g/mol. The molecule has 2 aromatic rings. The fraction of sp³-hybridized carbons (Fsp3) is 0.483. The fourth-order valence-corrected chi connectivity index (χ4v) is 4.44. The summed E-state index contributed by atoms with van der Waals surface area (Å²) in [5.74, 6) is 0.421. The molecule has 0 spiro atoms. The largest absolute Gasteiger partial charge is 0.470 e. The number of nitrogens with one attached hydrogen (secondary N) is 1. The van der Waals surface area contributed by atoms with E-state index < -0.39 is 11.8 Å². The first-order valence-electron chi connectivity index (χ1n) is 12.6. The summed E-state index contributed by atoms with van der Waals surface area (Å²) < 4.78 is 11.8. The van der Waals surface area contributed by atoms with Gasteiger partial charge in [-0.1, -0.05) is 50.2 Å². The number of rotatable bonds is 8. The Morgan fingerprint density at radius 1 is 1.17 bits per heavy atom. The third-order valence-electron chi connectivity index (χ3n) is 5.94. The standard InChI is InChI=1S/C29H37N3O4/c1-20(2)18-25(27(33)31-16-15-30)24-13-7-6-12-23(24)21-10-8-11-22(19-21)35-26-14-9-17-32(26)28(34)36-29(3,4)5/h6-8,10-13,19-20,25-26H,9,14,16-18H2,1-5H3,(H,31,33). The Morgan fingerprint density at radius 3 is 2.61 bits per heavy atom. The molecule has 1 saturated heterocycles. The fourth-order valence-electron chi connectivity index (χ4n) is 4.44. The van der Waals surface area contributed by atoms with E-state index in [1.807, 2.05) is 75.4 Å². The van der Waals surface area contributed by atoms with Crippen molar-refractivity contribution in [3.63, 3.8) is 0 Å². The summed E-state index contributed by atoms with van der Waals surface area (Å²) in [7, 11) is 0. The van der Waals surface area contributed by atoms with Crippen LogP contribution in [0.2, 0.25) is 0 Å². The van der Waals surface area contributed by atoms with Gasteiger partial charge in [-0.2, -0.15) is 5.26 Å². The maximum absolute atomic E-state index is 13.0. The molecule has 0 aliphatic carbocycles. The molecule has 0 radical (unpaired) electrons. The van der Waals surface area contributed by atoms with Gasteiger partial charge in [-0.3, -0.25) is 9.69 Å². The first kappa shape index (κ1) is 27.1. The topological polar surface area (TPSA) is 91.7 Å². The van der Waals surface area contributed by atoms with E-state index in [4.69, 9.17) is 14.7 Å². The number of benzene rings is 2. The zero-order chi connectivity index (χ0) is 26.3. The molecule has 0 saturated carbocycles. The molecule has 2 unspecified atom stereocenters. The number of carbonyl (C=O) groups is 2. The smallest absolute Gasteiger partial charge is 0.413 e. The number of nitrogens with zero attached hydrogens (tertiary/aromatic N) is 2. The molecule has 1 aliphatic heterocycles. The van der Waals surface area contributed by atoms with Gasteiger partial charge in [0.25, 0.3) is 0 Å². The summed E-state index contributed by atoms with van der Waals surface area (Å²) in [6.07, 6.45) is 1.48. The predicted octanol–water partition coefficient (Wildman–Crippen LogP) is 5.86. The first-order valence-corrected chi connectivity index (χ1v) is 12.6. The minimum atomic E-state index is -0.570. The summed E-state index contributed by atoms with van der Waals surface area (Å²) in [6, 6.07) is 17.6. The van der Waals surface area contributed by atoms with E-state index >= 15 is 0 Å². The Kier molecular flexibility index (Phi) is 8.98. The van der Waals surface area contributed by atoms with Gasteiger partial charge >= 0.3 is 6.09 Å². The van der Waals surface area contributed by atoms with Crippen molar-refractivity contribution in [2.75, 3.05) is 13.1 Å². The van der Waals surface area contributed by atoms with Crippen LogP contribution < -0.4 is 10.1 Å². The molecule has 1 fully saturated rings. The van der Waals surface area contributed by atoms with Crippen LogP contribution in [0.15, 0.2) is 48.5 Å². The highest BCUT2D eigenvalue weighted by Gasteiger charge is 2.33. The van der Waals surface area contributed by atoms with Gasteiger partial charge in [0, 0.05) is 13.0 Å². The number of amides is 2. The van der Waals surface area contributed by atoms with Crippen molar-refractivity contribution in [3.05, 3.63) is 54.1 Å². The normalized spacial score (nSPS) is 16.4. The van der Waals surface area contributed by atoms with Crippen LogP contribution in [-0.2, 0) is 9.53 Å². The Bertz CT molecular complexity index is 1100. The minimum absolute atomic E-state index is 0.0194. The molecule has 2 aromatic carbocycles. The third kappa shape index (κ3) is 7.24. The molecular formula is C29H37N3O4. The molecule has 1 aliphatic rings. The average Bonchev–Trinajstić information content (AvgIpc) is 3.28. The summed E-state index contributed by atoms with van der Waals surface area (Å²) >= 11 is 0. The van der Waals surface area contributed by atoms with E-state index in [1.165, 1.54) is 0 Å². The van der Waals surface area contributed by atoms with Crippen molar-refractivity contribution in [1.82, 2.24) is 10.2 Å². The lowest BCUT2D eigenvalue weighted by Crippen LogP contribution is -2.42. The summed E-state index contributed by atoms with van der Waals surface area (Å²) in [5, 5.41) is 11.7. The quantitative estimate of drug-likeness (QED) is 0.467. The van der Waals surface area contributed by atoms with Gasteiger partial charge in [0.2, 0.25) is 5.91 Å². The number of ether oxygens (including phenoxy) is 2. The Balaban J connectivity index is 1.87. The molecule has 7 nitrogen and oxygen atoms in total. The second kappa shape index (κ2) is 11.9. The van der Waals surface area contributed by atoms with Crippen LogP contribution in [0.5, 0.6) is 5.75 Å². The molecule has 0 aromatic heterocycles. The van der Waals surface area contributed by atoms with Crippen molar-refractivity contribution in [1.29, 1.82) is 5.26 Å². The lowest BCUT2D eigenvalue weighted by atomic mass is 9.84. The van der Waals surface area contributed by atoms with Crippen LogP contribution in [0, 0.1) is 17.2 Å². The molecule has 36 heavy (non-hydrogen) atoms. The number of hydrogen-bond donors (Lipinski definition) is 1. The van der Waals surface area contributed by atoms with Crippen LogP contribution >= 0.6 is 0 Å². The second-order valence-corrected chi connectivity index (χ2v) is 10.6. The predicted molar refractivity (Wildman–Crippen MR) is 139 cm³/mol. The van der Waals surface area contributed by atoms with Gasteiger partial charge in [0.15, 0.2) is 6.23 Å². The van der Waals surface area contributed by atoms with E-state index in [2.05, 4.69) is 19.2 Å². The number of nitriles is 1. The van der Waals surface area contributed by atoms with Crippen molar-refractivity contribution in [2.45, 2.75) is 71.6 Å². The van der Waals surface area contributed by atoms with Gasteiger partial charge in [-0.15, -0.1) is 0 Å². The van der Waals surface area contributed by atoms with E-state index in [0.29, 0.717) is 24.6 Å². The molecule has 3 rings (SSSR count). The average molecular weight is 492 g/mol. The summed E-state index contributed by atoms with van der Waals surface area (Å²) in [5.41, 5.74) is 2.21. The number of carbonyl (C=O) groups excluding carboxylic acids is 2. The summed E-state index contributed by atoms with van der Waals surface area (Å²) in [6.45, 7) is 10.3. The van der Waals surface area contributed by atoms with Gasteiger partial charge in [0.05, 0.1) is 12.0 Å². The highest BCUT2D eigenvalue weighted by Crippen LogP contribution is 2.35. The zero-order valence-corrected chi connectivity index (χ0v) is 21.9. The van der Waals surface area contributed by atoms with E-state index in [-0.39, 0.29) is 24.5 Å². The zero-order valence-electron chi connectivity index (χ0n) is 21.9. The maximum atomic E-state index is 13.0. The molecule has 1 heterocycles. The van der Waals surface area contributed by atoms with Crippen LogP contribution in [-0.4, -0.2) is 41.8 Å². The van der Waals surface area contributed by atoms with Crippen molar-refractivity contribution >= 4 is 12.0 Å². The molecule has 1 N–H and O–H groups in total. The molecule has 2 atom stereocenters. The molecule has 0 bridgehead atoms. The first-order chi connectivity index (χ1) is 17.1. The Labute approximate surface area is 214 Å². The van der Waals surface area contributed by atoms with Gasteiger partial charge < -0.3 is 14.8 Å². The summed E-state index contributed by atoms with van der Waals surface area (Å²) in [4.78, 5) is 27.3. The maximum Gasteiger partial charge on any atom is 0.413 e. The highest BCUT2D eigenvalue weighted by molar-refractivity contribution is 5.87. The van der Waals surface area contributed by atoms with Crippen LogP contribution in [0.1, 0.15) is 65.4 Å². The van der Waals surface area contributed by atoms with Gasteiger partial charge in [0.1, 0.15) is 17.9 Å². The lowest BCUT2D eigenvalue weighted by molar-refractivity contribution is -0.122. The van der Waals surface area contributed by atoms with Crippen LogP contribution in [0.4, 0.5) is 4.79 Å². The second-order valence-electron chi connectivity index (χ2n) is 10.6. The highest BCUT2D eigenvalue weighted by atomic mass is 16.6. The van der Waals surface area contributed by atoms with Crippen LogP contribution in [0.3, 0.4) is 0 Å². The Morgan fingerprint density at radius 2 is 1.92 bits per heavy atom. The van der Waals surface area contributed by atoms with Crippen molar-refractivity contribution in [3.8, 4) is 22.9 Å². The van der Waals surface area contributed by atoms with Crippen LogP contribution in [0.25, 0.3) is 11.1 Å². The van der Waals surface area contributed by atoms with Gasteiger partial charge in [-0.05, 0) is 68.4 Å². The minimum Gasteiger partial charge on any atom is -0.470 e. The SMILES string of the molecule is CC(C)CC(C(=O)NCC#N)c1ccccc1-c1cccc(OC2CCCN2C(=O)OC(C)(C)C)c1. The molecule has 192 valence electrons. The molecule has 7 heteroatoms. The lowest BCUT2D eigenvalue weighted by Gasteiger charge is -2.29. The molecule has 2 amide bonds. The van der Waals surface area contributed by atoms with E-state index in [1.54, 1.807) is 4.90 Å². The Hall–Kier alpha value is -3.53. The number of likely N-dealkylation sites (tertiary alicyclic amines) is 1. The number of hydrogen-bond acceptors (Lipinski definition) is 5. The van der Waals surface area contributed by atoms with Crippen molar-refractivity contribution in [2.24, 2.45) is 5.92 Å².